The fourth-order valence-corrected chi connectivity index (χ4v) is 2.73. The van der Waals surface area contributed by atoms with E-state index in [4.69, 9.17) is 0 Å². The molecular formula is C19H29N3O. The number of piperidine rings is 1. The van der Waals surface area contributed by atoms with E-state index in [1.165, 1.54) is 5.56 Å². The van der Waals surface area contributed by atoms with E-state index in [-0.39, 0.29) is 11.3 Å². The Morgan fingerprint density at radius 1 is 1.13 bits per heavy atom. The van der Waals surface area contributed by atoms with Crippen molar-refractivity contribution in [1.82, 2.24) is 10.3 Å². The van der Waals surface area contributed by atoms with Gasteiger partial charge in [0.1, 0.15) is 0 Å². The molecule has 0 aliphatic carbocycles. The van der Waals surface area contributed by atoms with E-state index in [9.17, 15) is 4.79 Å². The molecular weight excluding hydrogens is 286 g/mol. The van der Waals surface area contributed by atoms with Crippen molar-refractivity contribution in [3.05, 3.63) is 35.4 Å². The summed E-state index contributed by atoms with van der Waals surface area (Å²) in [5.74, 6) is -0.135. The van der Waals surface area contributed by atoms with Crippen molar-refractivity contribution in [2.75, 3.05) is 13.1 Å². The molecule has 1 fully saturated rings. The van der Waals surface area contributed by atoms with Crippen LogP contribution in [0.3, 0.4) is 0 Å². The number of amides is 1. The Kier molecular flexibility index (Phi) is 5.58. The van der Waals surface area contributed by atoms with Crippen LogP contribution >= 0.6 is 0 Å². The molecule has 0 unspecified atom stereocenters. The summed E-state index contributed by atoms with van der Waals surface area (Å²) >= 11 is 0. The average molecular weight is 315 g/mol. The minimum Gasteiger partial charge on any atom is -0.300 e. The molecule has 0 atom stereocenters. The Bertz CT molecular complexity index is 557. The number of hydrogen-bond acceptors (Lipinski definition) is 3. The van der Waals surface area contributed by atoms with Crippen LogP contribution in [0, 0.1) is 0 Å². The highest BCUT2D eigenvalue weighted by Gasteiger charge is 2.18. The summed E-state index contributed by atoms with van der Waals surface area (Å²) in [6, 6.07) is 8.36. The topological polar surface area (TPSA) is 44.7 Å². The molecule has 1 heterocycles. The first kappa shape index (κ1) is 17.7. The summed E-state index contributed by atoms with van der Waals surface area (Å²) in [6.45, 7) is 13.0. The maximum Gasteiger partial charge on any atom is 0.271 e. The number of benzene rings is 1. The highest BCUT2D eigenvalue weighted by atomic mass is 16.2. The van der Waals surface area contributed by atoms with Crippen LogP contribution in [-0.4, -0.2) is 35.7 Å². The average Bonchev–Trinajstić information content (AvgIpc) is 2.52. The molecule has 0 saturated carbocycles. The van der Waals surface area contributed by atoms with E-state index < -0.39 is 0 Å². The maximum absolute atomic E-state index is 12.2. The van der Waals surface area contributed by atoms with Gasteiger partial charge in [-0.1, -0.05) is 32.9 Å². The smallest absolute Gasteiger partial charge is 0.271 e. The predicted octanol–water partition coefficient (Wildman–Crippen LogP) is 3.57. The van der Waals surface area contributed by atoms with E-state index in [0.717, 1.165) is 31.6 Å². The third kappa shape index (κ3) is 4.90. The third-order valence-electron chi connectivity index (χ3n) is 4.43. The first-order valence-electron chi connectivity index (χ1n) is 8.48. The number of carbonyl (C=O) groups is 1. The number of nitrogens with one attached hydrogen (secondary N) is 1. The summed E-state index contributed by atoms with van der Waals surface area (Å²) < 4.78 is 0. The van der Waals surface area contributed by atoms with Gasteiger partial charge in [0.25, 0.3) is 5.91 Å². The Morgan fingerprint density at radius 3 is 2.17 bits per heavy atom. The van der Waals surface area contributed by atoms with Crippen LogP contribution in [0.2, 0.25) is 0 Å². The molecule has 0 aromatic heterocycles. The predicted molar refractivity (Wildman–Crippen MR) is 96.0 cm³/mol. The van der Waals surface area contributed by atoms with Gasteiger partial charge in [0.15, 0.2) is 0 Å². The summed E-state index contributed by atoms with van der Waals surface area (Å²) in [6.07, 6.45) is 1.86. The lowest BCUT2D eigenvalue weighted by atomic mass is 9.87. The van der Waals surface area contributed by atoms with Gasteiger partial charge in [-0.15, -0.1) is 0 Å². The molecule has 4 heteroatoms. The summed E-state index contributed by atoms with van der Waals surface area (Å²) in [7, 11) is 0. The van der Waals surface area contributed by atoms with Crippen molar-refractivity contribution in [2.45, 2.75) is 58.9 Å². The van der Waals surface area contributed by atoms with E-state index in [1.54, 1.807) is 0 Å². The zero-order valence-electron chi connectivity index (χ0n) is 15.0. The van der Waals surface area contributed by atoms with Crippen molar-refractivity contribution < 1.29 is 4.79 Å². The SMILES string of the molecule is CC(C)N1CCC(=NNC(=O)c2ccc(C(C)(C)C)cc2)CC1. The molecule has 1 saturated heterocycles. The molecule has 1 aromatic rings. The molecule has 0 radical (unpaired) electrons. The van der Waals surface area contributed by atoms with Crippen molar-refractivity contribution in [3.8, 4) is 0 Å². The molecule has 1 aliphatic rings. The van der Waals surface area contributed by atoms with Gasteiger partial charge in [0.05, 0.1) is 0 Å². The molecule has 23 heavy (non-hydrogen) atoms. The molecule has 126 valence electrons. The van der Waals surface area contributed by atoms with Crippen molar-refractivity contribution in [1.29, 1.82) is 0 Å². The Balaban J connectivity index is 1.91. The molecule has 2 rings (SSSR count). The van der Waals surface area contributed by atoms with E-state index in [2.05, 4.69) is 50.0 Å². The summed E-state index contributed by atoms with van der Waals surface area (Å²) in [5.41, 5.74) is 5.76. The van der Waals surface area contributed by atoms with Gasteiger partial charge in [0, 0.05) is 43.2 Å². The quantitative estimate of drug-likeness (QED) is 0.867. The van der Waals surface area contributed by atoms with Crippen LogP contribution in [0.5, 0.6) is 0 Å². The second kappa shape index (κ2) is 7.26. The van der Waals surface area contributed by atoms with Crippen LogP contribution in [0.25, 0.3) is 0 Å². The lowest BCUT2D eigenvalue weighted by Crippen LogP contribution is -2.39. The number of likely N-dealkylation sites (tertiary alicyclic amines) is 1. The standard InChI is InChI=1S/C19H29N3O/c1-14(2)22-12-10-17(11-13-22)20-21-18(23)15-6-8-16(9-7-15)19(3,4)5/h6-9,14H,10-13H2,1-5H3,(H,21,23). The number of hydrazone groups is 1. The molecule has 0 spiro atoms. The van der Waals surface area contributed by atoms with Gasteiger partial charge in [-0.05, 0) is 37.0 Å². The number of rotatable bonds is 3. The maximum atomic E-state index is 12.2. The molecule has 4 nitrogen and oxygen atoms in total. The van der Waals surface area contributed by atoms with E-state index >= 15 is 0 Å². The van der Waals surface area contributed by atoms with E-state index in [1.807, 2.05) is 24.3 Å². The Hall–Kier alpha value is -1.68. The minimum atomic E-state index is -0.135. The van der Waals surface area contributed by atoms with Crippen molar-refractivity contribution in [2.24, 2.45) is 5.10 Å². The van der Waals surface area contributed by atoms with Crippen molar-refractivity contribution in [3.63, 3.8) is 0 Å². The lowest BCUT2D eigenvalue weighted by Gasteiger charge is -2.30. The van der Waals surface area contributed by atoms with Crippen molar-refractivity contribution >= 4 is 11.6 Å². The normalized spacial score (nSPS) is 16.5. The Morgan fingerprint density at radius 2 is 1.70 bits per heavy atom. The fourth-order valence-electron chi connectivity index (χ4n) is 2.73. The number of nitrogens with zero attached hydrogens (tertiary/aromatic N) is 2. The monoisotopic (exact) mass is 315 g/mol. The Labute approximate surface area is 140 Å². The second-order valence-corrected chi connectivity index (χ2v) is 7.58. The zero-order valence-corrected chi connectivity index (χ0v) is 15.0. The summed E-state index contributed by atoms with van der Waals surface area (Å²) in [5, 5.41) is 4.31. The van der Waals surface area contributed by atoms with Gasteiger partial charge in [-0.2, -0.15) is 5.10 Å². The van der Waals surface area contributed by atoms with Gasteiger partial charge in [0.2, 0.25) is 0 Å². The molecule has 1 amide bonds. The van der Waals surface area contributed by atoms with Crippen LogP contribution in [0.4, 0.5) is 0 Å². The summed E-state index contributed by atoms with van der Waals surface area (Å²) in [4.78, 5) is 14.6. The first-order valence-corrected chi connectivity index (χ1v) is 8.48. The molecule has 1 N–H and O–H groups in total. The molecule has 1 aromatic carbocycles. The van der Waals surface area contributed by atoms with Gasteiger partial charge >= 0.3 is 0 Å². The number of hydrogen-bond donors (Lipinski definition) is 1. The van der Waals surface area contributed by atoms with Gasteiger partial charge < -0.3 is 4.90 Å². The first-order chi connectivity index (χ1) is 10.8. The zero-order chi connectivity index (χ0) is 17.0. The molecule has 1 aliphatic heterocycles. The van der Waals surface area contributed by atoms with Gasteiger partial charge in [-0.25, -0.2) is 5.43 Å². The molecule has 0 bridgehead atoms. The fraction of sp³-hybridized carbons (Fsp3) is 0.579. The van der Waals surface area contributed by atoms with Crippen LogP contribution < -0.4 is 5.43 Å². The lowest BCUT2D eigenvalue weighted by molar-refractivity contribution is 0.0954. The van der Waals surface area contributed by atoms with Crippen LogP contribution in [0.15, 0.2) is 29.4 Å². The van der Waals surface area contributed by atoms with E-state index in [0.29, 0.717) is 11.6 Å². The highest BCUT2D eigenvalue weighted by molar-refractivity contribution is 5.95. The minimum absolute atomic E-state index is 0.0968. The largest absolute Gasteiger partial charge is 0.300 e. The second-order valence-electron chi connectivity index (χ2n) is 7.58. The van der Waals surface area contributed by atoms with Gasteiger partial charge in [-0.3, -0.25) is 4.79 Å². The number of carbonyl (C=O) groups excluding carboxylic acids is 1. The van der Waals surface area contributed by atoms with Crippen LogP contribution in [0.1, 0.15) is 63.4 Å². The van der Waals surface area contributed by atoms with Crippen LogP contribution in [-0.2, 0) is 5.41 Å². The highest BCUT2D eigenvalue weighted by Crippen LogP contribution is 2.22. The third-order valence-corrected chi connectivity index (χ3v) is 4.43.